The van der Waals surface area contributed by atoms with Crippen LogP contribution in [0.3, 0.4) is 0 Å². The molecule has 1 N–H and O–H groups in total. The minimum absolute atomic E-state index is 0.0332. The molecule has 0 aromatic rings. The van der Waals surface area contributed by atoms with E-state index in [1.54, 1.807) is 0 Å². The van der Waals surface area contributed by atoms with Crippen molar-refractivity contribution in [3.05, 3.63) is 12.2 Å². The molecule has 2 atom stereocenters. The van der Waals surface area contributed by atoms with Gasteiger partial charge in [-0.05, 0) is 38.5 Å². The van der Waals surface area contributed by atoms with Gasteiger partial charge in [-0.15, -0.1) is 0 Å². The second kappa shape index (κ2) is 38.3. The molecule has 0 aromatic heterocycles. The van der Waals surface area contributed by atoms with Crippen molar-refractivity contribution in [1.29, 1.82) is 0 Å². The quantitative estimate of drug-likeness (QED) is 0.0214. The zero-order valence-electron chi connectivity index (χ0n) is 36.7. The van der Waals surface area contributed by atoms with Crippen LogP contribution in [0.1, 0.15) is 213 Å². The topological polar surface area (TPSA) is 108 Å². The molecular formula is C45H89NO8P+. The lowest BCUT2D eigenvalue weighted by atomic mass is 10.0. The van der Waals surface area contributed by atoms with E-state index in [4.69, 9.17) is 18.5 Å². The number of carbonyl (C=O) groups excluding carboxylic acids is 2. The Morgan fingerprint density at radius 1 is 0.545 bits per heavy atom. The van der Waals surface area contributed by atoms with E-state index in [1.165, 1.54) is 128 Å². The Kier molecular flexibility index (Phi) is 37.4. The Morgan fingerprint density at radius 3 is 1.35 bits per heavy atom. The maximum Gasteiger partial charge on any atom is 0.472 e. The van der Waals surface area contributed by atoms with Crippen molar-refractivity contribution in [2.45, 2.75) is 219 Å². The summed E-state index contributed by atoms with van der Waals surface area (Å²) in [5.41, 5.74) is 0. The van der Waals surface area contributed by atoms with Crippen LogP contribution in [-0.4, -0.2) is 74.9 Å². The SMILES string of the molecule is CCCCCCCCC/C=C\CCCCCCCC(=O)OC(COC(=O)CCCCCCCCCCCCCCCCC)COP(=O)(O)OCC[N+](C)(C)C. The summed E-state index contributed by atoms with van der Waals surface area (Å²) in [6.45, 7) is 4.44. The van der Waals surface area contributed by atoms with E-state index in [0.717, 1.165) is 51.4 Å². The van der Waals surface area contributed by atoms with Crippen LogP contribution < -0.4 is 0 Å². The average Bonchev–Trinajstić information content (AvgIpc) is 3.13. The van der Waals surface area contributed by atoms with Gasteiger partial charge < -0.3 is 18.9 Å². The van der Waals surface area contributed by atoms with Crippen LogP contribution in [0.2, 0.25) is 0 Å². The Hall–Kier alpha value is -1.25. The Bertz CT molecular complexity index is 954. The highest BCUT2D eigenvalue weighted by Crippen LogP contribution is 2.43. The molecule has 0 saturated carbocycles. The van der Waals surface area contributed by atoms with Crippen LogP contribution >= 0.6 is 7.82 Å². The molecule has 0 aromatic carbocycles. The van der Waals surface area contributed by atoms with Crippen LogP contribution in [0, 0.1) is 0 Å². The van der Waals surface area contributed by atoms with Gasteiger partial charge in [0.05, 0.1) is 27.7 Å². The number of hydrogen-bond acceptors (Lipinski definition) is 7. The van der Waals surface area contributed by atoms with Crippen molar-refractivity contribution >= 4 is 19.8 Å². The number of quaternary nitrogens is 1. The van der Waals surface area contributed by atoms with Gasteiger partial charge in [0.2, 0.25) is 0 Å². The highest BCUT2D eigenvalue weighted by atomic mass is 31.2. The number of carbonyl (C=O) groups is 2. The molecular weight excluding hydrogens is 713 g/mol. The van der Waals surface area contributed by atoms with Gasteiger partial charge in [-0.2, -0.15) is 0 Å². The van der Waals surface area contributed by atoms with E-state index in [1.807, 2.05) is 21.1 Å². The van der Waals surface area contributed by atoms with Crippen molar-refractivity contribution in [3.8, 4) is 0 Å². The number of rotatable bonds is 42. The number of likely N-dealkylation sites (N-methyl/N-ethyl adjacent to an activating group) is 1. The van der Waals surface area contributed by atoms with Crippen LogP contribution in [0.15, 0.2) is 12.2 Å². The van der Waals surface area contributed by atoms with Crippen molar-refractivity contribution in [3.63, 3.8) is 0 Å². The normalized spacial score (nSPS) is 13.6. The van der Waals surface area contributed by atoms with E-state index >= 15 is 0 Å². The third kappa shape index (κ3) is 42.2. The van der Waals surface area contributed by atoms with Gasteiger partial charge in [-0.1, -0.05) is 174 Å². The zero-order valence-corrected chi connectivity index (χ0v) is 37.6. The van der Waals surface area contributed by atoms with Gasteiger partial charge in [0.1, 0.15) is 19.8 Å². The Labute approximate surface area is 339 Å². The summed E-state index contributed by atoms with van der Waals surface area (Å²) >= 11 is 0. The summed E-state index contributed by atoms with van der Waals surface area (Å²) in [5, 5.41) is 0. The molecule has 326 valence electrons. The number of unbranched alkanes of at least 4 members (excludes halogenated alkanes) is 26. The first kappa shape index (κ1) is 53.8. The fourth-order valence-corrected chi connectivity index (χ4v) is 7.16. The molecule has 0 aliphatic heterocycles. The van der Waals surface area contributed by atoms with Crippen LogP contribution in [0.5, 0.6) is 0 Å². The summed E-state index contributed by atoms with van der Waals surface area (Å²) in [7, 11) is 1.48. The largest absolute Gasteiger partial charge is 0.472 e. The van der Waals surface area contributed by atoms with E-state index in [0.29, 0.717) is 23.9 Å². The molecule has 0 fully saturated rings. The van der Waals surface area contributed by atoms with E-state index in [-0.39, 0.29) is 25.6 Å². The fraction of sp³-hybridized carbons (Fsp3) is 0.911. The summed E-state index contributed by atoms with van der Waals surface area (Å²) in [4.78, 5) is 35.4. The minimum Gasteiger partial charge on any atom is -0.462 e. The number of hydrogen-bond donors (Lipinski definition) is 1. The lowest BCUT2D eigenvalue weighted by Gasteiger charge is -2.24. The van der Waals surface area contributed by atoms with E-state index < -0.39 is 26.5 Å². The monoisotopic (exact) mass is 803 g/mol. The first-order chi connectivity index (χ1) is 26.5. The molecule has 0 saturated heterocycles. The molecule has 55 heavy (non-hydrogen) atoms. The van der Waals surface area contributed by atoms with Crippen LogP contribution in [-0.2, 0) is 32.7 Å². The molecule has 0 bridgehead atoms. The van der Waals surface area contributed by atoms with E-state index in [2.05, 4.69) is 26.0 Å². The molecule has 2 unspecified atom stereocenters. The Morgan fingerprint density at radius 2 is 0.927 bits per heavy atom. The molecule has 0 aliphatic carbocycles. The number of allylic oxidation sites excluding steroid dienone is 2. The molecule has 9 nitrogen and oxygen atoms in total. The number of nitrogens with zero attached hydrogens (tertiary/aromatic N) is 1. The molecule has 0 aliphatic rings. The zero-order chi connectivity index (χ0) is 40.7. The van der Waals surface area contributed by atoms with Crippen molar-refractivity contribution in [1.82, 2.24) is 0 Å². The minimum atomic E-state index is -4.37. The standard InChI is InChI=1S/C45H88NO8P/c1-6-8-10-12-14-16-18-20-22-24-26-28-30-32-34-36-38-45(48)54-43(42-53-55(49,50)52-40-39-46(3,4)5)41-51-44(47)37-35-33-31-29-27-25-23-21-19-17-15-13-11-9-7-2/h22,24,43H,6-21,23,25-42H2,1-5H3/p+1/b24-22-. The first-order valence-corrected chi connectivity index (χ1v) is 24.4. The third-order valence-electron chi connectivity index (χ3n) is 10.0. The van der Waals surface area contributed by atoms with Crippen LogP contribution in [0.25, 0.3) is 0 Å². The van der Waals surface area contributed by atoms with Gasteiger partial charge in [0.15, 0.2) is 6.10 Å². The third-order valence-corrected chi connectivity index (χ3v) is 11.0. The van der Waals surface area contributed by atoms with Gasteiger partial charge in [0, 0.05) is 12.8 Å². The highest BCUT2D eigenvalue weighted by Gasteiger charge is 2.27. The second-order valence-corrected chi connectivity index (χ2v) is 18.2. The predicted octanol–water partition coefficient (Wildman–Crippen LogP) is 13.0. The number of phosphoric ester groups is 1. The molecule has 0 radical (unpaired) electrons. The summed E-state index contributed by atoms with van der Waals surface area (Å²) in [5.74, 6) is -0.797. The van der Waals surface area contributed by atoms with Crippen molar-refractivity contribution in [2.24, 2.45) is 0 Å². The number of esters is 2. The average molecular weight is 803 g/mol. The maximum absolute atomic E-state index is 12.7. The van der Waals surface area contributed by atoms with Gasteiger partial charge in [-0.25, -0.2) is 4.57 Å². The smallest absolute Gasteiger partial charge is 0.462 e. The molecule has 0 spiro atoms. The lowest BCUT2D eigenvalue weighted by molar-refractivity contribution is -0.870. The summed E-state index contributed by atoms with van der Waals surface area (Å²) in [6.07, 6.45) is 39.6. The van der Waals surface area contributed by atoms with Crippen LogP contribution in [0.4, 0.5) is 0 Å². The predicted molar refractivity (Wildman–Crippen MR) is 229 cm³/mol. The number of phosphoric acid groups is 1. The molecule has 10 heteroatoms. The molecule has 0 heterocycles. The number of ether oxygens (including phenoxy) is 2. The second-order valence-electron chi connectivity index (χ2n) is 16.8. The van der Waals surface area contributed by atoms with Gasteiger partial charge >= 0.3 is 19.8 Å². The van der Waals surface area contributed by atoms with Crippen molar-refractivity contribution < 1.29 is 42.1 Å². The molecule has 0 rings (SSSR count). The highest BCUT2D eigenvalue weighted by molar-refractivity contribution is 7.47. The first-order valence-electron chi connectivity index (χ1n) is 22.9. The van der Waals surface area contributed by atoms with E-state index in [9.17, 15) is 19.0 Å². The summed E-state index contributed by atoms with van der Waals surface area (Å²) in [6, 6.07) is 0. The summed E-state index contributed by atoms with van der Waals surface area (Å²) < 4.78 is 34.3. The Balaban J connectivity index is 4.32. The maximum atomic E-state index is 12.7. The fourth-order valence-electron chi connectivity index (χ4n) is 6.42. The molecule has 0 amide bonds. The van der Waals surface area contributed by atoms with Gasteiger partial charge in [0.25, 0.3) is 0 Å². The van der Waals surface area contributed by atoms with Gasteiger partial charge in [-0.3, -0.25) is 18.6 Å². The lowest BCUT2D eigenvalue weighted by Crippen LogP contribution is -2.37. The van der Waals surface area contributed by atoms with Crippen molar-refractivity contribution in [2.75, 3.05) is 47.5 Å².